The van der Waals surface area contributed by atoms with E-state index in [-0.39, 0.29) is 5.84 Å². The van der Waals surface area contributed by atoms with Crippen molar-refractivity contribution in [2.75, 3.05) is 11.4 Å². The summed E-state index contributed by atoms with van der Waals surface area (Å²) in [6.45, 7) is 9.92. The highest BCUT2D eigenvalue weighted by Crippen LogP contribution is 2.21. The molecule has 0 saturated heterocycles. The predicted octanol–water partition coefficient (Wildman–Crippen LogP) is 3.02. The van der Waals surface area contributed by atoms with Crippen LogP contribution in [0.25, 0.3) is 0 Å². The molecule has 1 aromatic heterocycles. The molecular weight excluding hydrogens is 236 g/mol. The van der Waals surface area contributed by atoms with Crippen LogP contribution in [0.5, 0.6) is 0 Å². The van der Waals surface area contributed by atoms with Crippen LogP contribution in [-0.4, -0.2) is 23.4 Å². The zero-order valence-corrected chi connectivity index (χ0v) is 12.5. The lowest BCUT2D eigenvalue weighted by atomic mass is 10.1. The van der Waals surface area contributed by atoms with Gasteiger partial charge in [-0.05, 0) is 30.9 Å². The van der Waals surface area contributed by atoms with Gasteiger partial charge in [-0.25, -0.2) is 0 Å². The van der Waals surface area contributed by atoms with Gasteiger partial charge in [0, 0.05) is 12.6 Å². The van der Waals surface area contributed by atoms with Gasteiger partial charge in [-0.1, -0.05) is 27.7 Å². The van der Waals surface area contributed by atoms with Crippen LogP contribution < -0.4 is 10.6 Å². The Morgan fingerprint density at radius 1 is 1.32 bits per heavy atom. The van der Waals surface area contributed by atoms with Crippen molar-refractivity contribution in [1.82, 2.24) is 4.98 Å². The Bertz CT molecular complexity index is 393. The van der Waals surface area contributed by atoms with Crippen LogP contribution in [0.3, 0.4) is 0 Å². The zero-order valence-electron chi connectivity index (χ0n) is 12.5. The van der Waals surface area contributed by atoms with Gasteiger partial charge >= 0.3 is 0 Å². The number of hydrogen-bond donors (Lipinski definition) is 2. The molecule has 0 fully saturated rings. The van der Waals surface area contributed by atoms with E-state index in [1.54, 1.807) is 0 Å². The van der Waals surface area contributed by atoms with Gasteiger partial charge in [0.25, 0.3) is 0 Å². The molecule has 0 atom stereocenters. The molecular formula is C15H26N4. The van der Waals surface area contributed by atoms with Crippen LogP contribution in [-0.2, 0) is 0 Å². The number of rotatable bonds is 7. The lowest BCUT2D eigenvalue weighted by Gasteiger charge is -2.34. The van der Waals surface area contributed by atoms with E-state index in [0.29, 0.717) is 17.7 Å². The number of nitrogens with one attached hydrogen (secondary N) is 1. The first-order valence-electron chi connectivity index (χ1n) is 7.06. The third kappa shape index (κ3) is 4.23. The van der Waals surface area contributed by atoms with Gasteiger partial charge in [0.15, 0.2) is 0 Å². The van der Waals surface area contributed by atoms with Crippen molar-refractivity contribution in [2.24, 2.45) is 11.7 Å². The second-order valence-corrected chi connectivity index (χ2v) is 5.33. The fourth-order valence-electron chi connectivity index (χ4n) is 2.30. The molecule has 1 aromatic rings. The summed E-state index contributed by atoms with van der Waals surface area (Å²) < 4.78 is 0. The summed E-state index contributed by atoms with van der Waals surface area (Å²) in [6, 6.07) is 4.38. The van der Waals surface area contributed by atoms with Crippen LogP contribution in [0.4, 0.5) is 5.69 Å². The Hall–Kier alpha value is -1.58. The van der Waals surface area contributed by atoms with Gasteiger partial charge in [0.1, 0.15) is 11.5 Å². The molecule has 0 bridgehead atoms. The summed E-state index contributed by atoms with van der Waals surface area (Å²) in [5.74, 6) is 0.623. The van der Waals surface area contributed by atoms with E-state index >= 15 is 0 Å². The monoisotopic (exact) mass is 262 g/mol. The summed E-state index contributed by atoms with van der Waals surface area (Å²) >= 11 is 0. The third-order valence-electron chi connectivity index (χ3n) is 3.30. The standard InChI is InChI=1S/C15H26N4/c1-5-12(6-2)19(10-11(3)4)13-7-8-14(15(16)17)18-9-13/h7-9,11-12H,5-6,10H2,1-4H3,(H3,16,17). The maximum atomic E-state index is 7.38. The van der Waals surface area contributed by atoms with Gasteiger partial charge in [-0.15, -0.1) is 0 Å². The van der Waals surface area contributed by atoms with Gasteiger partial charge < -0.3 is 10.6 Å². The molecule has 19 heavy (non-hydrogen) atoms. The SMILES string of the molecule is CCC(CC)N(CC(C)C)c1ccc(C(=N)N)nc1. The molecule has 1 heterocycles. The minimum absolute atomic E-state index is 0.0180. The van der Waals surface area contributed by atoms with Crippen LogP contribution in [0, 0.1) is 11.3 Å². The molecule has 0 aliphatic heterocycles. The van der Waals surface area contributed by atoms with Crippen LogP contribution in [0.1, 0.15) is 46.2 Å². The fourth-order valence-corrected chi connectivity index (χ4v) is 2.30. The number of nitrogen functional groups attached to an aromatic ring is 1. The fraction of sp³-hybridized carbons (Fsp3) is 0.600. The predicted molar refractivity (Wildman–Crippen MR) is 81.8 cm³/mol. The van der Waals surface area contributed by atoms with Crippen molar-refractivity contribution in [2.45, 2.75) is 46.6 Å². The van der Waals surface area contributed by atoms with Crippen molar-refractivity contribution in [3.05, 3.63) is 24.0 Å². The lowest BCUT2D eigenvalue weighted by molar-refractivity contribution is 0.507. The number of aromatic nitrogens is 1. The van der Waals surface area contributed by atoms with Gasteiger partial charge in [-0.3, -0.25) is 10.4 Å². The largest absolute Gasteiger partial charge is 0.382 e. The molecule has 0 aromatic carbocycles. The molecule has 0 aliphatic carbocycles. The highest BCUT2D eigenvalue weighted by Gasteiger charge is 2.17. The summed E-state index contributed by atoms with van der Waals surface area (Å²) in [5.41, 5.74) is 7.10. The minimum Gasteiger partial charge on any atom is -0.382 e. The summed E-state index contributed by atoms with van der Waals surface area (Å²) in [4.78, 5) is 6.68. The maximum Gasteiger partial charge on any atom is 0.141 e. The number of nitrogens with two attached hydrogens (primary N) is 1. The molecule has 4 nitrogen and oxygen atoms in total. The van der Waals surface area contributed by atoms with E-state index in [0.717, 1.165) is 25.1 Å². The number of amidine groups is 1. The van der Waals surface area contributed by atoms with E-state index in [4.69, 9.17) is 11.1 Å². The molecule has 106 valence electrons. The lowest BCUT2D eigenvalue weighted by Crippen LogP contribution is -2.37. The Labute approximate surface area is 116 Å². The van der Waals surface area contributed by atoms with Crippen LogP contribution >= 0.6 is 0 Å². The quantitative estimate of drug-likeness (QED) is 0.586. The highest BCUT2D eigenvalue weighted by molar-refractivity contribution is 5.93. The Morgan fingerprint density at radius 2 is 1.95 bits per heavy atom. The van der Waals surface area contributed by atoms with Crippen LogP contribution in [0.15, 0.2) is 18.3 Å². The van der Waals surface area contributed by atoms with Crippen molar-refractivity contribution in [1.29, 1.82) is 5.41 Å². The Balaban J connectivity index is 2.99. The Morgan fingerprint density at radius 3 is 2.32 bits per heavy atom. The van der Waals surface area contributed by atoms with E-state index in [1.165, 1.54) is 0 Å². The molecule has 0 unspecified atom stereocenters. The minimum atomic E-state index is 0.0180. The van der Waals surface area contributed by atoms with E-state index in [1.807, 2.05) is 18.3 Å². The summed E-state index contributed by atoms with van der Waals surface area (Å²) in [6.07, 6.45) is 4.08. The second kappa shape index (κ2) is 7.12. The number of nitrogens with zero attached hydrogens (tertiary/aromatic N) is 2. The smallest absolute Gasteiger partial charge is 0.141 e. The van der Waals surface area contributed by atoms with Gasteiger partial charge in [0.2, 0.25) is 0 Å². The number of hydrogen-bond acceptors (Lipinski definition) is 3. The van der Waals surface area contributed by atoms with Gasteiger partial charge in [0.05, 0.1) is 11.9 Å². The highest BCUT2D eigenvalue weighted by atomic mass is 15.2. The van der Waals surface area contributed by atoms with Gasteiger partial charge in [-0.2, -0.15) is 0 Å². The van der Waals surface area contributed by atoms with Crippen molar-refractivity contribution >= 4 is 11.5 Å². The average Bonchev–Trinajstić information content (AvgIpc) is 2.38. The molecule has 0 radical (unpaired) electrons. The molecule has 0 amide bonds. The van der Waals surface area contributed by atoms with E-state index in [9.17, 15) is 0 Å². The topological polar surface area (TPSA) is 66.0 Å². The average molecular weight is 262 g/mol. The first-order chi connectivity index (χ1) is 8.99. The maximum absolute atomic E-state index is 7.38. The molecule has 0 spiro atoms. The van der Waals surface area contributed by atoms with Crippen molar-refractivity contribution in [3.63, 3.8) is 0 Å². The molecule has 0 aliphatic rings. The first kappa shape index (κ1) is 15.5. The molecule has 1 rings (SSSR count). The molecule has 3 N–H and O–H groups in total. The first-order valence-corrected chi connectivity index (χ1v) is 7.06. The molecule has 4 heteroatoms. The molecule has 0 saturated carbocycles. The van der Waals surface area contributed by atoms with Crippen molar-refractivity contribution < 1.29 is 0 Å². The number of pyridine rings is 1. The van der Waals surface area contributed by atoms with Crippen molar-refractivity contribution in [3.8, 4) is 0 Å². The van der Waals surface area contributed by atoms with E-state index in [2.05, 4.69) is 37.6 Å². The summed E-state index contributed by atoms with van der Waals surface area (Å²) in [5, 5.41) is 7.38. The number of anilines is 1. The van der Waals surface area contributed by atoms with Crippen LogP contribution in [0.2, 0.25) is 0 Å². The zero-order chi connectivity index (χ0) is 14.4. The van der Waals surface area contributed by atoms with E-state index < -0.39 is 0 Å². The summed E-state index contributed by atoms with van der Waals surface area (Å²) in [7, 11) is 0. The third-order valence-corrected chi connectivity index (χ3v) is 3.30. The normalized spacial score (nSPS) is 11.1. The second-order valence-electron chi connectivity index (χ2n) is 5.33. The Kier molecular flexibility index (Phi) is 5.80.